The zero-order chi connectivity index (χ0) is 17.6. The fourth-order valence-electron chi connectivity index (χ4n) is 3.37. The summed E-state index contributed by atoms with van der Waals surface area (Å²) in [6.45, 7) is 2.21. The number of hydrogen-bond acceptors (Lipinski definition) is 3. The molecule has 1 aliphatic rings. The van der Waals surface area contributed by atoms with Gasteiger partial charge in [0, 0.05) is 18.9 Å². The molecule has 0 bridgehead atoms. The van der Waals surface area contributed by atoms with E-state index in [-0.39, 0.29) is 24.3 Å². The summed E-state index contributed by atoms with van der Waals surface area (Å²) < 4.78 is 15.0. The molecule has 5 nitrogen and oxygen atoms in total. The van der Waals surface area contributed by atoms with Gasteiger partial charge in [0.1, 0.15) is 17.2 Å². The van der Waals surface area contributed by atoms with Gasteiger partial charge in [0.25, 0.3) is 5.91 Å². The van der Waals surface area contributed by atoms with Gasteiger partial charge < -0.3 is 14.4 Å². The highest BCUT2D eigenvalue weighted by molar-refractivity contribution is 5.93. The second-order valence-electron chi connectivity index (χ2n) is 6.51. The Bertz CT molecular complexity index is 935. The summed E-state index contributed by atoms with van der Waals surface area (Å²) in [5, 5.41) is 10.1. The van der Waals surface area contributed by atoms with Gasteiger partial charge in [-0.15, -0.1) is 0 Å². The van der Waals surface area contributed by atoms with Gasteiger partial charge in [0.05, 0.1) is 12.1 Å². The van der Waals surface area contributed by atoms with Crippen molar-refractivity contribution in [2.24, 2.45) is 0 Å². The van der Waals surface area contributed by atoms with Crippen LogP contribution in [0.25, 0.3) is 5.65 Å². The van der Waals surface area contributed by atoms with Crippen molar-refractivity contribution < 1.29 is 14.3 Å². The number of β-amino-alcohol motifs (C(OH)–C–C–N with tert-alkyl or cyclic N) is 1. The van der Waals surface area contributed by atoms with Crippen LogP contribution < -0.4 is 0 Å². The number of carbonyl (C=O) groups excluding carboxylic acids is 1. The summed E-state index contributed by atoms with van der Waals surface area (Å²) in [6, 6.07) is 9.63. The molecule has 0 unspecified atom stereocenters. The number of likely N-dealkylation sites (tertiary alicyclic amines) is 1. The first-order chi connectivity index (χ1) is 12.0. The van der Waals surface area contributed by atoms with E-state index in [0.29, 0.717) is 17.8 Å². The van der Waals surface area contributed by atoms with Gasteiger partial charge in [-0.1, -0.05) is 12.1 Å². The average molecular weight is 339 g/mol. The molecule has 3 aromatic rings. The number of halogens is 1. The smallest absolute Gasteiger partial charge is 0.274 e. The lowest BCUT2D eigenvalue weighted by Crippen LogP contribution is -2.32. The normalized spacial score (nSPS) is 20.4. The fourth-order valence-corrected chi connectivity index (χ4v) is 3.37. The quantitative estimate of drug-likeness (QED) is 0.781. The molecule has 6 heteroatoms. The van der Waals surface area contributed by atoms with Crippen molar-refractivity contribution in [2.45, 2.75) is 25.5 Å². The number of aryl methyl sites for hydroxylation is 1. The third kappa shape index (κ3) is 2.89. The van der Waals surface area contributed by atoms with E-state index in [9.17, 15) is 14.3 Å². The molecule has 0 saturated carbocycles. The van der Waals surface area contributed by atoms with Gasteiger partial charge in [0.2, 0.25) is 0 Å². The summed E-state index contributed by atoms with van der Waals surface area (Å²) in [5.41, 5.74) is 2.93. The Balaban J connectivity index is 1.67. The highest BCUT2D eigenvalue weighted by Gasteiger charge is 2.36. The summed E-state index contributed by atoms with van der Waals surface area (Å²) in [6.07, 6.45) is 3.40. The lowest BCUT2D eigenvalue weighted by Gasteiger charge is -2.24. The minimum Gasteiger partial charge on any atom is -0.391 e. The van der Waals surface area contributed by atoms with Crippen LogP contribution in [0.15, 0.2) is 48.8 Å². The number of aromatic nitrogens is 2. The van der Waals surface area contributed by atoms with Crippen LogP contribution in [0.2, 0.25) is 0 Å². The van der Waals surface area contributed by atoms with Crippen LogP contribution in [0.1, 0.15) is 34.1 Å². The molecular formula is C19H18FN3O2. The van der Waals surface area contributed by atoms with Crippen molar-refractivity contribution in [1.82, 2.24) is 14.3 Å². The molecule has 25 heavy (non-hydrogen) atoms. The molecule has 0 aliphatic carbocycles. The Labute approximate surface area is 144 Å². The number of rotatable bonds is 2. The summed E-state index contributed by atoms with van der Waals surface area (Å²) in [4.78, 5) is 19.0. The molecule has 1 saturated heterocycles. The van der Waals surface area contributed by atoms with Crippen LogP contribution >= 0.6 is 0 Å². The van der Waals surface area contributed by atoms with E-state index in [4.69, 9.17) is 0 Å². The number of aliphatic hydroxyl groups excluding tert-OH is 1. The van der Waals surface area contributed by atoms with Crippen LogP contribution in [0, 0.1) is 12.7 Å². The van der Waals surface area contributed by atoms with Crippen molar-refractivity contribution >= 4 is 11.6 Å². The number of aliphatic hydroxyl groups is 1. The summed E-state index contributed by atoms with van der Waals surface area (Å²) >= 11 is 0. The van der Waals surface area contributed by atoms with Crippen LogP contribution in [0.3, 0.4) is 0 Å². The summed E-state index contributed by atoms with van der Waals surface area (Å²) in [7, 11) is 0. The SMILES string of the molecule is Cc1ccn2cc(C(=O)N3C[C@H](O)C[C@@H]3c3ccc(F)cc3)nc2c1. The first kappa shape index (κ1) is 15.8. The number of benzene rings is 1. The number of hydrogen-bond donors (Lipinski definition) is 1. The minimum atomic E-state index is -0.599. The predicted molar refractivity (Wildman–Crippen MR) is 90.7 cm³/mol. The van der Waals surface area contributed by atoms with E-state index in [1.54, 1.807) is 27.6 Å². The number of amides is 1. The van der Waals surface area contributed by atoms with Crippen molar-refractivity contribution in [3.8, 4) is 0 Å². The Morgan fingerprint density at radius 2 is 2.04 bits per heavy atom. The van der Waals surface area contributed by atoms with Gasteiger partial charge in [-0.05, 0) is 48.7 Å². The third-order valence-electron chi connectivity index (χ3n) is 4.63. The van der Waals surface area contributed by atoms with E-state index in [2.05, 4.69) is 4.98 Å². The molecule has 1 aromatic carbocycles. The van der Waals surface area contributed by atoms with E-state index in [1.807, 2.05) is 25.3 Å². The van der Waals surface area contributed by atoms with Crippen LogP contribution in [-0.4, -0.2) is 37.9 Å². The van der Waals surface area contributed by atoms with Gasteiger partial charge in [-0.3, -0.25) is 4.79 Å². The lowest BCUT2D eigenvalue weighted by molar-refractivity contribution is 0.0710. The molecule has 1 fully saturated rings. The Kier molecular flexibility index (Phi) is 3.77. The predicted octanol–water partition coefficient (Wildman–Crippen LogP) is 2.73. The molecule has 0 radical (unpaired) electrons. The van der Waals surface area contributed by atoms with E-state index in [1.165, 1.54) is 12.1 Å². The molecule has 2 atom stereocenters. The number of nitrogens with zero attached hydrogens (tertiary/aromatic N) is 3. The van der Waals surface area contributed by atoms with Gasteiger partial charge in [0.15, 0.2) is 0 Å². The Hall–Kier alpha value is -2.73. The van der Waals surface area contributed by atoms with Crippen LogP contribution in [0.4, 0.5) is 4.39 Å². The zero-order valence-corrected chi connectivity index (χ0v) is 13.8. The number of pyridine rings is 1. The molecule has 3 heterocycles. The first-order valence-electron chi connectivity index (χ1n) is 8.21. The fraction of sp³-hybridized carbons (Fsp3) is 0.263. The highest BCUT2D eigenvalue weighted by Crippen LogP contribution is 2.33. The van der Waals surface area contributed by atoms with E-state index >= 15 is 0 Å². The summed E-state index contributed by atoms with van der Waals surface area (Å²) in [5.74, 6) is -0.553. The van der Waals surface area contributed by atoms with E-state index in [0.717, 1.165) is 11.1 Å². The Morgan fingerprint density at radius 3 is 2.80 bits per heavy atom. The van der Waals surface area contributed by atoms with Crippen molar-refractivity contribution in [1.29, 1.82) is 0 Å². The van der Waals surface area contributed by atoms with Crippen molar-refractivity contribution in [2.75, 3.05) is 6.54 Å². The maximum absolute atomic E-state index is 13.2. The van der Waals surface area contributed by atoms with Crippen LogP contribution in [0.5, 0.6) is 0 Å². The average Bonchev–Trinajstić information content (AvgIpc) is 3.18. The molecule has 128 valence electrons. The Morgan fingerprint density at radius 1 is 1.28 bits per heavy atom. The molecule has 4 rings (SSSR count). The van der Waals surface area contributed by atoms with Crippen molar-refractivity contribution in [3.63, 3.8) is 0 Å². The molecule has 1 aliphatic heterocycles. The monoisotopic (exact) mass is 339 g/mol. The van der Waals surface area contributed by atoms with Gasteiger partial charge >= 0.3 is 0 Å². The maximum atomic E-state index is 13.2. The maximum Gasteiger partial charge on any atom is 0.274 e. The second-order valence-corrected chi connectivity index (χ2v) is 6.51. The topological polar surface area (TPSA) is 57.8 Å². The molecule has 1 N–H and O–H groups in total. The molecular weight excluding hydrogens is 321 g/mol. The zero-order valence-electron chi connectivity index (χ0n) is 13.8. The largest absolute Gasteiger partial charge is 0.391 e. The number of imidazole rings is 1. The van der Waals surface area contributed by atoms with Crippen molar-refractivity contribution in [3.05, 3.63) is 71.4 Å². The first-order valence-corrected chi connectivity index (χ1v) is 8.21. The molecule has 1 amide bonds. The van der Waals surface area contributed by atoms with Crippen LogP contribution in [-0.2, 0) is 0 Å². The number of carbonyl (C=O) groups is 1. The molecule has 0 spiro atoms. The van der Waals surface area contributed by atoms with E-state index < -0.39 is 6.10 Å². The van der Waals surface area contributed by atoms with Gasteiger partial charge in [-0.2, -0.15) is 0 Å². The second kappa shape index (κ2) is 5.97. The lowest BCUT2D eigenvalue weighted by atomic mass is 10.0. The minimum absolute atomic E-state index is 0.229. The standard InChI is InChI=1S/C19H18FN3O2/c1-12-6-7-22-11-16(21-18(22)8-12)19(25)23-10-15(24)9-17(23)13-2-4-14(20)5-3-13/h2-8,11,15,17,24H,9-10H2,1H3/t15-,17-/m1/s1. The highest BCUT2D eigenvalue weighted by atomic mass is 19.1. The molecule has 2 aromatic heterocycles. The third-order valence-corrected chi connectivity index (χ3v) is 4.63. The number of fused-ring (bicyclic) bond motifs is 1. The van der Waals surface area contributed by atoms with Gasteiger partial charge in [-0.25, -0.2) is 9.37 Å².